The predicted molar refractivity (Wildman–Crippen MR) is 80.6 cm³/mol. The van der Waals surface area contributed by atoms with Crippen LogP contribution in [-0.2, 0) is 4.74 Å². The lowest BCUT2D eigenvalue weighted by molar-refractivity contribution is -0.385. The molecule has 1 aliphatic rings. The number of morpholine rings is 1. The molecule has 1 aliphatic heterocycles. The Balaban J connectivity index is 2.05. The number of likely N-dealkylation sites (N-methyl/N-ethyl adjacent to an activating group) is 1. The Morgan fingerprint density at radius 1 is 1.45 bits per heavy atom. The quantitative estimate of drug-likeness (QED) is 0.620. The number of aromatic carboxylic acids is 1. The van der Waals surface area contributed by atoms with Crippen LogP contribution >= 0.6 is 0 Å². The average Bonchev–Trinajstić information content (AvgIpc) is 2.52. The Labute approximate surface area is 128 Å². The molecule has 1 aromatic rings. The molecule has 0 spiro atoms. The van der Waals surface area contributed by atoms with Crippen LogP contribution in [0.3, 0.4) is 0 Å². The first-order valence-corrected chi connectivity index (χ1v) is 7.02. The lowest BCUT2D eigenvalue weighted by Crippen LogP contribution is -2.40. The molecular formula is C14H19N3O5. The summed E-state index contributed by atoms with van der Waals surface area (Å²) in [5, 5.41) is 20.0. The molecule has 0 unspecified atom stereocenters. The third kappa shape index (κ3) is 3.92. The van der Waals surface area contributed by atoms with Crippen LogP contribution in [0.2, 0.25) is 0 Å². The fraction of sp³-hybridized carbons (Fsp3) is 0.500. The van der Waals surface area contributed by atoms with Gasteiger partial charge in [-0.25, -0.2) is 4.79 Å². The number of hydrogen-bond acceptors (Lipinski definition) is 6. The number of carboxylic acid groups (broad SMARTS) is 1. The molecule has 8 heteroatoms. The summed E-state index contributed by atoms with van der Waals surface area (Å²) in [6.45, 7) is 4.74. The molecule has 0 bridgehead atoms. The molecule has 0 amide bonds. The van der Waals surface area contributed by atoms with Gasteiger partial charge in [-0.05, 0) is 12.1 Å². The van der Waals surface area contributed by atoms with Gasteiger partial charge in [0.1, 0.15) is 5.56 Å². The van der Waals surface area contributed by atoms with E-state index >= 15 is 0 Å². The van der Waals surface area contributed by atoms with Gasteiger partial charge < -0.3 is 14.7 Å². The van der Waals surface area contributed by atoms with E-state index in [1.54, 1.807) is 6.07 Å². The number of benzene rings is 1. The van der Waals surface area contributed by atoms with Gasteiger partial charge in [-0.2, -0.15) is 0 Å². The Hall–Kier alpha value is -2.19. The fourth-order valence-electron chi connectivity index (χ4n) is 2.33. The van der Waals surface area contributed by atoms with Crippen LogP contribution in [0.25, 0.3) is 0 Å². The number of nitrogens with zero attached hydrogens (tertiary/aromatic N) is 3. The minimum absolute atomic E-state index is 0.296. The number of anilines is 1. The number of carbonyl (C=O) groups is 1. The van der Waals surface area contributed by atoms with Gasteiger partial charge in [-0.15, -0.1) is 0 Å². The standard InChI is InChI=1S/C14H19N3O5/c1-15(4-5-16-6-8-22-9-7-16)11-2-3-12(14(18)19)13(10-11)17(20)21/h2-3,10H,4-9H2,1H3,(H,18,19). The van der Waals surface area contributed by atoms with E-state index in [1.807, 2.05) is 11.9 Å². The summed E-state index contributed by atoms with van der Waals surface area (Å²) in [6, 6.07) is 4.18. The molecule has 120 valence electrons. The van der Waals surface area contributed by atoms with E-state index in [0.717, 1.165) is 32.8 Å². The molecule has 1 fully saturated rings. The third-order valence-electron chi connectivity index (χ3n) is 3.70. The van der Waals surface area contributed by atoms with Crippen molar-refractivity contribution in [1.82, 2.24) is 4.90 Å². The third-order valence-corrected chi connectivity index (χ3v) is 3.70. The average molecular weight is 309 g/mol. The molecule has 8 nitrogen and oxygen atoms in total. The summed E-state index contributed by atoms with van der Waals surface area (Å²) in [7, 11) is 1.83. The minimum Gasteiger partial charge on any atom is -0.477 e. The van der Waals surface area contributed by atoms with Crippen molar-refractivity contribution in [3.05, 3.63) is 33.9 Å². The van der Waals surface area contributed by atoms with Crippen molar-refractivity contribution >= 4 is 17.3 Å². The van der Waals surface area contributed by atoms with Crippen LogP contribution in [-0.4, -0.2) is 67.3 Å². The zero-order valence-electron chi connectivity index (χ0n) is 12.4. The van der Waals surface area contributed by atoms with E-state index in [4.69, 9.17) is 9.84 Å². The first-order chi connectivity index (χ1) is 10.5. The Morgan fingerprint density at radius 2 is 2.14 bits per heavy atom. The van der Waals surface area contributed by atoms with Gasteiger partial charge in [-0.1, -0.05) is 0 Å². The van der Waals surface area contributed by atoms with Gasteiger partial charge in [0.15, 0.2) is 0 Å². The van der Waals surface area contributed by atoms with Crippen molar-refractivity contribution in [2.24, 2.45) is 0 Å². The topological polar surface area (TPSA) is 96.2 Å². The molecule has 0 aliphatic carbocycles. The molecular weight excluding hydrogens is 290 g/mol. The monoisotopic (exact) mass is 309 g/mol. The second-order valence-electron chi connectivity index (χ2n) is 5.14. The Bertz CT molecular complexity index is 557. The number of ether oxygens (including phenoxy) is 1. The fourth-order valence-corrected chi connectivity index (χ4v) is 2.33. The van der Waals surface area contributed by atoms with Gasteiger partial charge in [0.25, 0.3) is 5.69 Å². The highest BCUT2D eigenvalue weighted by Crippen LogP contribution is 2.25. The number of hydrogen-bond donors (Lipinski definition) is 1. The highest BCUT2D eigenvalue weighted by atomic mass is 16.6. The summed E-state index contributed by atoms with van der Waals surface area (Å²) in [5.41, 5.74) is -0.0523. The van der Waals surface area contributed by atoms with Gasteiger partial charge in [0, 0.05) is 45.0 Å². The maximum absolute atomic E-state index is 11.0. The molecule has 0 aromatic heterocycles. The normalized spacial score (nSPS) is 15.5. The van der Waals surface area contributed by atoms with E-state index in [2.05, 4.69) is 4.90 Å². The number of rotatable bonds is 6. The van der Waals surface area contributed by atoms with Crippen LogP contribution in [0.1, 0.15) is 10.4 Å². The molecule has 2 rings (SSSR count). The van der Waals surface area contributed by atoms with Crippen LogP contribution in [0.15, 0.2) is 18.2 Å². The predicted octanol–water partition coefficient (Wildman–Crippen LogP) is 1.06. The molecule has 22 heavy (non-hydrogen) atoms. The number of nitro benzene ring substituents is 1. The van der Waals surface area contributed by atoms with Crippen molar-refractivity contribution in [2.45, 2.75) is 0 Å². The lowest BCUT2D eigenvalue weighted by atomic mass is 10.1. The summed E-state index contributed by atoms with van der Waals surface area (Å²) >= 11 is 0. The van der Waals surface area contributed by atoms with Crippen molar-refractivity contribution in [3.8, 4) is 0 Å². The van der Waals surface area contributed by atoms with Gasteiger partial charge in [0.05, 0.1) is 18.1 Å². The molecule has 1 aromatic carbocycles. The van der Waals surface area contributed by atoms with Crippen LogP contribution in [0.5, 0.6) is 0 Å². The highest BCUT2D eigenvalue weighted by molar-refractivity contribution is 5.93. The highest BCUT2D eigenvalue weighted by Gasteiger charge is 2.21. The molecule has 1 N–H and O–H groups in total. The van der Waals surface area contributed by atoms with Crippen molar-refractivity contribution in [1.29, 1.82) is 0 Å². The summed E-state index contributed by atoms with van der Waals surface area (Å²) < 4.78 is 5.28. The largest absolute Gasteiger partial charge is 0.477 e. The van der Waals surface area contributed by atoms with Crippen LogP contribution in [0.4, 0.5) is 11.4 Å². The van der Waals surface area contributed by atoms with Crippen molar-refractivity contribution in [3.63, 3.8) is 0 Å². The zero-order chi connectivity index (χ0) is 16.1. The molecule has 1 heterocycles. The second kappa shape index (κ2) is 7.19. The van der Waals surface area contributed by atoms with E-state index in [0.29, 0.717) is 12.2 Å². The second-order valence-corrected chi connectivity index (χ2v) is 5.14. The van der Waals surface area contributed by atoms with Crippen LogP contribution in [0, 0.1) is 10.1 Å². The molecule has 0 saturated carbocycles. The first kappa shape index (κ1) is 16.2. The molecule has 0 atom stereocenters. The Morgan fingerprint density at radius 3 is 2.73 bits per heavy atom. The van der Waals surface area contributed by atoms with E-state index in [9.17, 15) is 14.9 Å². The summed E-state index contributed by atoms with van der Waals surface area (Å²) in [6.07, 6.45) is 0. The van der Waals surface area contributed by atoms with Crippen molar-refractivity contribution < 1.29 is 19.6 Å². The van der Waals surface area contributed by atoms with E-state index < -0.39 is 10.9 Å². The lowest BCUT2D eigenvalue weighted by Gasteiger charge is -2.29. The van der Waals surface area contributed by atoms with E-state index in [1.165, 1.54) is 12.1 Å². The van der Waals surface area contributed by atoms with Gasteiger partial charge >= 0.3 is 5.97 Å². The molecule has 1 saturated heterocycles. The maximum atomic E-state index is 11.0. The zero-order valence-corrected chi connectivity index (χ0v) is 12.4. The van der Waals surface area contributed by atoms with Crippen LogP contribution < -0.4 is 4.90 Å². The molecule has 0 radical (unpaired) electrons. The first-order valence-electron chi connectivity index (χ1n) is 7.02. The van der Waals surface area contributed by atoms with Gasteiger partial charge in [-0.3, -0.25) is 15.0 Å². The van der Waals surface area contributed by atoms with E-state index in [-0.39, 0.29) is 11.3 Å². The number of carboxylic acids is 1. The van der Waals surface area contributed by atoms with Gasteiger partial charge in [0.2, 0.25) is 0 Å². The smallest absolute Gasteiger partial charge is 0.342 e. The summed E-state index contributed by atoms with van der Waals surface area (Å²) in [5.74, 6) is -1.30. The van der Waals surface area contributed by atoms with Crippen molar-refractivity contribution in [2.75, 3.05) is 51.3 Å². The Kier molecular flexibility index (Phi) is 5.29. The SMILES string of the molecule is CN(CCN1CCOCC1)c1ccc(C(=O)O)c([N+](=O)[O-])c1. The number of nitro groups is 1. The minimum atomic E-state index is -1.30. The maximum Gasteiger partial charge on any atom is 0.342 e. The summed E-state index contributed by atoms with van der Waals surface area (Å²) in [4.78, 5) is 25.5.